The Morgan fingerprint density at radius 3 is 3.08 bits per heavy atom. The number of esters is 1. The highest BCUT2D eigenvalue weighted by molar-refractivity contribution is 6.05. The van der Waals surface area contributed by atoms with E-state index in [2.05, 4.69) is 22.1 Å². The van der Waals surface area contributed by atoms with Crippen molar-refractivity contribution in [3.63, 3.8) is 0 Å². The van der Waals surface area contributed by atoms with Crippen LogP contribution in [0.1, 0.15) is 30.1 Å². The normalized spacial score (nSPS) is 19.3. The number of nitrogens with zero attached hydrogens (tertiary/aromatic N) is 1. The van der Waals surface area contributed by atoms with E-state index < -0.39 is 12.1 Å². The average Bonchev–Trinajstić information content (AvgIpc) is 3.09. The van der Waals surface area contributed by atoms with Crippen molar-refractivity contribution in [3.8, 4) is 0 Å². The van der Waals surface area contributed by atoms with Crippen molar-refractivity contribution in [1.29, 1.82) is 0 Å². The molecule has 2 aliphatic rings. The Bertz CT molecular complexity index is 731. The summed E-state index contributed by atoms with van der Waals surface area (Å²) in [5.74, 6) is -1.05. The first-order valence-electron chi connectivity index (χ1n) is 8.32. The number of hydrogen-bond donors (Lipinski definition) is 2. The monoisotopic (exact) mass is 343 g/mol. The van der Waals surface area contributed by atoms with E-state index in [-0.39, 0.29) is 17.9 Å². The zero-order valence-electron chi connectivity index (χ0n) is 14.1. The van der Waals surface area contributed by atoms with Gasteiger partial charge in [0.2, 0.25) is 5.91 Å². The van der Waals surface area contributed by atoms with Crippen molar-refractivity contribution in [2.45, 2.75) is 31.9 Å². The first-order valence-corrected chi connectivity index (χ1v) is 8.32. The molecule has 7 heteroatoms. The van der Waals surface area contributed by atoms with E-state index in [0.717, 1.165) is 25.1 Å². The summed E-state index contributed by atoms with van der Waals surface area (Å²) in [6.07, 6.45) is 2.44. The van der Waals surface area contributed by atoms with Crippen molar-refractivity contribution < 1.29 is 19.1 Å². The summed E-state index contributed by atoms with van der Waals surface area (Å²) in [7, 11) is 0. The number of ether oxygens (including phenoxy) is 1. The van der Waals surface area contributed by atoms with Crippen LogP contribution in [0.15, 0.2) is 30.9 Å². The second-order valence-electron chi connectivity index (χ2n) is 6.15. The molecule has 1 aromatic carbocycles. The van der Waals surface area contributed by atoms with E-state index in [1.807, 2.05) is 6.07 Å². The Morgan fingerprint density at radius 2 is 2.32 bits per heavy atom. The fourth-order valence-electron chi connectivity index (χ4n) is 3.16. The molecule has 3 rings (SSSR count). The molecule has 2 heterocycles. The second-order valence-corrected chi connectivity index (χ2v) is 6.15. The molecule has 2 atom stereocenters. The number of fused-ring (bicyclic) bond motifs is 3. The summed E-state index contributed by atoms with van der Waals surface area (Å²) in [5, 5.41) is 5.42. The van der Waals surface area contributed by atoms with E-state index in [1.54, 1.807) is 18.2 Å². The summed E-state index contributed by atoms with van der Waals surface area (Å²) < 4.78 is 5.19. The highest BCUT2D eigenvalue weighted by Crippen LogP contribution is 2.37. The highest BCUT2D eigenvalue weighted by atomic mass is 16.5. The van der Waals surface area contributed by atoms with E-state index in [0.29, 0.717) is 17.8 Å². The molecule has 1 saturated heterocycles. The molecule has 2 amide bonds. The molecular formula is C18H21N3O4. The third-order valence-corrected chi connectivity index (χ3v) is 4.43. The Morgan fingerprint density at radius 1 is 1.52 bits per heavy atom. The number of anilines is 2. The molecule has 2 aliphatic heterocycles. The molecule has 0 radical (unpaired) electrons. The van der Waals surface area contributed by atoms with Gasteiger partial charge >= 0.3 is 5.97 Å². The van der Waals surface area contributed by atoms with E-state index >= 15 is 0 Å². The van der Waals surface area contributed by atoms with Gasteiger partial charge in [0.25, 0.3) is 5.91 Å². The summed E-state index contributed by atoms with van der Waals surface area (Å²) in [4.78, 5) is 38.3. The van der Waals surface area contributed by atoms with Gasteiger partial charge in [0.15, 0.2) is 6.10 Å². The van der Waals surface area contributed by atoms with Gasteiger partial charge in [-0.1, -0.05) is 6.08 Å². The molecule has 25 heavy (non-hydrogen) atoms. The Labute approximate surface area is 146 Å². The van der Waals surface area contributed by atoms with Gasteiger partial charge in [-0.2, -0.15) is 0 Å². The Hall–Kier alpha value is -2.83. The van der Waals surface area contributed by atoms with Crippen LogP contribution in [-0.4, -0.2) is 43.0 Å². The van der Waals surface area contributed by atoms with Crippen LogP contribution in [0.2, 0.25) is 0 Å². The number of carbonyl (C=O) groups excluding carboxylic acids is 3. The van der Waals surface area contributed by atoms with Crippen LogP contribution in [-0.2, 0) is 14.3 Å². The third-order valence-electron chi connectivity index (χ3n) is 4.43. The number of rotatable bonds is 5. The van der Waals surface area contributed by atoms with Gasteiger partial charge in [0.1, 0.15) is 6.04 Å². The van der Waals surface area contributed by atoms with Gasteiger partial charge in [-0.3, -0.25) is 9.59 Å². The minimum atomic E-state index is -0.916. The number of amides is 2. The average molecular weight is 343 g/mol. The summed E-state index contributed by atoms with van der Waals surface area (Å²) in [6, 6.07) is 4.94. The smallest absolute Gasteiger partial charge is 0.338 e. The van der Waals surface area contributed by atoms with Crippen LogP contribution in [0.4, 0.5) is 11.4 Å². The van der Waals surface area contributed by atoms with Crippen LogP contribution in [0.3, 0.4) is 0 Å². The Kier molecular flexibility index (Phi) is 4.74. The van der Waals surface area contributed by atoms with Crippen LogP contribution in [0.25, 0.3) is 0 Å². The van der Waals surface area contributed by atoms with Gasteiger partial charge in [-0.15, -0.1) is 6.58 Å². The van der Waals surface area contributed by atoms with Gasteiger partial charge in [0, 0.05) is 13.1 Å². The molecule has 7 nitrogen and oxygen atoms in total. The molecule has 2 N–H and O–H groups in total. The van der Waals surface area contributed by atoms with Crippen molar-refractivity contribution in [3.05, 3.63) is 36.4 Å². The Balaban J connectivity index is 1.72. The first-order chi connectivity index (χ1) is 12.0. The minimum absolute atomic E-state index is 0.0484. The maximum atomic E-state index is 12.3. The molecule has 0 aromatic heterocycles. The van der Waals surface area contributed by atoms with Gasteiger partial charge in [0.05, 0.1) is 16.9 Å². The lowest BCUT2D eigenvalue weighted by molar-refractivity contribution is -0.128. The SMILES string of the molecule is C=CCNC(=O)[C@@H](C)OC(=O)c1ccc2c(c1)NC(=O)[C@H]1CCCN21. The predicted octanol–water partition coefficient (Wildman–Crippen LogP) is 1.45. The minimum Gasteiger partial charge on any atom is -0.449 e. The standard InChI is InChI=1S/C18H21N3O4/c1-3-8-19-16(22)11(2)25-18(24)12-6-7-14-13(10-12)20-17(23)15-5-4-9-21(14)15/h3,6-7,10-11,15H,1,4-5,8-9H2,2H3,(H,19,22)(H,20,23)/t11-,15-/m1/s1. The molecule has 0 aliphatic carbocycles. The molecule has 1 aromatic rings. The van der Waals surface area contributed by atoms with Crippen LogP contribution >= 0.6 is 0 Å². The number of hydrogen-bond acceptors (Lipinski definition) is 5. The lowest BCUT2D eigenvalue weighted by Gasteiger charge is -2.33. The summed E-state index contributed by atoms with van der Waals surface area (Å²) >= 11 is 0. The first kappa shape index (κ1) is 17.0. The maximum Gasteiger partial charge on any atom is 0.338 e. The highest BCUT2D eigenvalue weighted by Gasteiger charge is 2.36. The van der Waals surface area contributed by atoms with Crippen LogP contribution in [0, 0.1) is 0 Å². The van der Waals surface area contributed by atoms with E-state index in [4.69, 9.17) is 4.74 Å². The molecule has 0 bridgehead atoms. The lowest BCUT2D eigenvalue weighted by atomic mass is 10.1. The molecule has 0 saturated carbocycles. The van der Waals surface area contributed by atoms with E-state index in [1.165, 1.54) is 6.92 Å². The molecule has 132 valence electrons. The summed E-state index contributed by atoms with van der Waals surface area (Å²) in [6.45, 7) is 6.15. The maximum absolute atomic E-state index is 12.3. The van der Waals surface area contributed by atoms with E-state index in [9.17, 15) is 14.4 Å². The van der Waals surface area contributed by atoms with Gasteiger partial charge in [-0.05, 0) is 38.0 Å². The van der Waals surface area contributed by atoms with Crippen LogP contribution in [0.5, 0.6) is 0 Å². The van der Waals surface area contributed by atoms with Crippen molar-refractivity contribution >= 4 is 29.2 Å². The summed E-state index contributed by atoms with van der Waals surface area (Å²) in [5.41, 5.74) is 1.80. The predicted molar refractivity (Wildman–Crippen MR) is 93.5 cm³/mol. The number of nitrogens with one attached hydrogen (secondary N) is 2. The van der Waals surface area contributed by atoms with Gasteiger partial charge < -0.3 is 20.3 Å². The second kappa shape index (κ2) is 6.96. The molecular weight excluding hydrogens is 322 g/mol. The topological polar surface area (TPSA) is 87.7 Å². The zero-order valence-corrected chi connectivity index (χ0v) is 14.1. The quantitative estimate of drug-likeness (QED) is 0.624. The zero-order chi connectivity index (χ0) is 18.0. The van der Waals surface area contributed by atoms with Crippen molar-refractivity contribution in [1.82, 2.24) is 5.32 Å². The third kappa shape index (κ3) is 3.35. The van der Waals surface area contributed by atoms with Crippen molar-refractivity contribution in [2.75, 3.05) is 23.3 Å². The molecule has 0 spiro atoms. The number of benzene rings is 1. The van der Waals surface area contributed by atoms with Crippen LogP contribution < -0.4 is 15.5 Å². The van der Waals surface area contributed by atoms with Gasteiger partial charge in [-0.25, -0.2) is 4.79 Å². The fourth-order valence-corrected chi connectivity index (χ4v) is 3.16. The largest absolute Gasteiger partial charge is 0.449 e. The number of carbonyl (C=O) groups is 3. The van der Waals surface area contributed by atoms with Crippen molar-refractivity contribution in [2.24, 2.45) is 0 Å². The molecule has 1 fully saturated rings. The fraction of sp³-hybridized carbons (Fsp3) is 0.389. The lowest BCUT2D eigenvalue weighted by Crippen LogP contribution is -2.44. The molecule has 0 unspecified atom stereocenters.